The van der Waals surface area contributed by atoms with Crippen molar-refractivity contribution in [2.45, 2.75) is 83.1 Å². The molecule has 6 aromatic carbocycles. The third-order valence-electron chi connectivity index (χ3n) is 12.9. The summed E-state index contributed by atoms with van der Waals surface area (Å²) in [4.78, 5) is 44.5. The van der Waals surface area contributed by atoms with Gasteiger partial charge in [0, 0.05) is 11.1 Å². The number of nitrogens with zero attached hydrogens (tertiary/aromatic N) is 4. The highest BCUT2D eigenvalue weighted by Crippen LogP contribution is 2.54. The van der Waals surface area contributed by atoms with Crippen molar-refractivity contribution in [3.05, 3.63) is 182 Å². The van der Waals surface area contributed by atoms with E-state index in [0.29, 0.717) is 17.5 Å². The second-order valence-corrected chi connectivity index (χ2v) is 19.7. The second kappa shape index (κ2) is 16.5. The van der Waals surface area contributed by atoms with Crippen LogP contribution < -0.4 is 9.80 Å². The molecule has 2 aliphatic rings. The first-order chi connectivity index (χ1) is 31.2. The lowest BCUT2D eigenvalue weighted by atomic mass is 9.88. The lowest BCUT2D eigenvalue weighted by Crippen LogP contribution is -2.24. The summed E-state index contributed by atoms with van der Waals surface area (Å²) in [5.74, 6) is 0.602. The maximum Gasteiger partial charge on any atom is 0.199 e. The zero-order valence-electron chi connectivity index (χ0n) is 39.0. The van der Waals surface area contributed by atoms with Gasteiger partial charge in [-0.15, -0.1) is 0 Å². The molecule has 6 nitrogen and oxygen atoms in total. The van der Waals surface area contributed by atoms with E-state index in [4.69, 9.17) is 56.4 Å². The lowest BCUT2D eigenvalue weighted by Gasteiger charge is -2.29. The third-order valence-corrected chi connectivity index (χ3v) is 14.7. The van der Waals surface area contributed by atoms with Crippen molar-refractivity contribution in [1.29, 1.82) is 0 Å². The number of benzene rings is 6. The summed E-state index contributed by atoms with van der Waals surface area (Å²) in [6, 6.07) is 21.9. The van der Waals surface area contributed by atoms with Crippen molar-refractivity contribution in [1.82, 2.24) is 9.97 Å². The summed E-state index contributed by atoms with van der Waals surface area (Å²) in [5, 5.41) is -0.406. The van der Waals surface area contributed by atoms with Gasteiger partial charge in [0.2, 0.25) is 0 Å². The summed E-state index contributed by atoms with van der Waals surface area (Å²) in [6.45, 7) is 25.4. The van der Waals surface area contributed by atoms with E-state index < -0.39 is 11.6 Å². The molecule has 0 N–H and O–H groups in total. The normalized spacial score (nSPS) is 13.4. The second-order valence-electron chi connectivity index (χ2n) is 18.2. The Morgan fingerprint density at radius 3 is 1.03 bits per heavy atom. The minimum Gasteiger partial charge on any atom is -0.288 e. The van der Waals surface area contributed by atoms with Gasteiger partial charge in [-0.3, -0.25) is 19.4 Å². The van der Waals surface area contributed by atoms with Gasteiger partial charge in [-0.2, -0.15) is 0 Å². The highest BCUT2D eigenvalue weighted by molar-refractivity contribution is 6.57. The Morgan fingerprint density at radius 1 is 0.409 bits per heavy atom. The fourth-order valence-electron chi connectivity index (χ4n) is 10.7. The standard InChI is InChI=1S/C56H48Cl4N4O2/c1-25-17-29(5)41(30(6)18-25)37-13-14-38(42-31(7)19-26(2)20-32(42)8)50-49(37)61-55-56(62-50)64(52-35(11)23-28(4)24-36(52)12)40(63(55)51-33(9)21-27(3)22-34(51)10)16-15-39-53(65)43-44(54(39)66)46(58)48(60)47(59)45(43)57/h13-24H,1-12H3. The largest absolute Gasteiger partial charge is 0.288 e. The van der Waals surface area contributed by atoms with E-state index in [9.17, 15) is 9.59 Å². The van der Waals surface area contributed by atoms with E-state index in [1.54, 1.807) is 12.2 Å². The van der Waals surface area contributed by atoms with Gasteiger partial charge in [0.15, 0.2) is 23.2 Å². The molecule has 0 fully saturated rings. The Morgan fingerprint density at radius 2 is 0.712 bits per heavy atom. The van der Waals surface area contributed by atoms with Crippen LogP contribution in [0.25, 0.3) is 33.3 Å². The molecule has 1 aliphatic heterocycles. The molecule has 0 saturated heterocycles. The van der Waals surface area contributed by atoms with Crippen molar-refractivity contribution < 1.29 is 9.59 Å². The Balaban J connectivity index is 1.44. The number of carbonyl (C=O) groups excluding carboxylic acids is 2. The Bertz CT molecular complexity index is 3130. The summed E-state index contributed by atoms with van der Waals surface area (Å²) < 4.78 is 0. The number of Topliss-reactive ketones (excluding diaryl/α,β-unsaturated/α-hetero) is 2. The molecule has 1 aromatic heterocycles. The van der Waals surface area contributed by atoms with E-state index >= 15 is 0 Å². The van der Waals surface area contributed by atoms with E-state index in [1.165, 1.54) is 11.1 Å². The molecule has 0 bridgehead atoms. The summed E-state index contributed by atoms with van der Waals surface area (Å²) >= 11 is 26.1. The van der Waals surface area contributed by atoms with Gasteiger partial charge in [0.05, 0.1) is 59.2 Å². The zero-order chi connectivity index (χ0) is 47.5. The van der Waals surface area contributed by atoms with Gasteiger partial charge in [0.1, 0.15) is 5.82 Å². The molecule has 0 saturated carbocycles. The van der Waals surface area contributed by atoms with Gasteiger partial charge in [0.25, 0.3) is 0 Å². The molecule has 332 valence electrons. The first-order valence-corrected chi connectivity index (χ1v) is 23.4. The zero-order valence-corrected chi connectivity index (χ0v) is 42.1. The number of allylic oxidation sites excluding steroid dienone is 3. The molecule has 0 unspecified atom stereocenters. The SMILES string of the molecule is Cc1cc(C)c(-c2ccc(-c3c(C)cc(C)cc3C)c3nc4c(nc23)N(c2c(C)cc(C)cc2C)C(=CC=C2C(=O)c3c(Cl)c(Cl)c(Cl)c(Cl)c3C2=O)N4c2c(C)cc(C)cc2C)c(C)c1. The van der Waals surface area contributed by atoms with Crippen LogP contribution in [0, 0.1) is 83.1 Å². The third kappa shape index (κ3) is 7.07. The lowest BCUT2D eigenvalue weighted by molar-refractivity contribution is 0.0989. The number of anilines is 4. The van der Waals surface area contributed by atoms with Crippen LogP contribution in [0.2, 0.25) is 20.1 Å². The van der Waals surface area contributed by atoms with Gasteiger partial charge < -0.3 is 0 Å². The number of hydrogen-bond donors (Lipinski definition) is 0. The van der Waals surface area contributed by atoms with E-state index in [-0.39, 0.29) is 36.8 Å². The first kappa shape index (κ1) is 45.4. The molecule has 66 heavy (non-hydrogen) atoms. The number of rotatable bonds is 5. The van der Waals surface area contributed by atoms with Gasteiger partial charge in [-0.1, -0.05) is 129 Å². The van der Waals surface area contributed by atoms with Crippen molar-refractivity contribution in [2.24, 2.45) is 0 Å². The number of carbonyl (C=O) groups is 2. The van der Waals surface area contributed by atoms with Crippen LogP contribution in [0.15, 0.2) is 84.2 Å². The van der Waals surface area contributed by atoms with Crippen LogP contribution in [0.1, 0.15) is 87.5 Å². The molecular weight excluding hydrogens is 902 g/mol. The summed E-state index contributed by atoms with van der Waals surface area (Å²) in [6.07, 6.45) is 3.35. The monoisotopic (exact) mass is 948 g/mol. The van der Waals surface area contributed by atoms with Crippen LogP contribution in [0.3, 0.4) is 0 Å². The van der Waals surface area contributed by atoms with E-state index in [0.717, 1.165) is 100 Å². The van der Waals surface area contributed by atoms with Crippen LogP contribution in [-0.4, -0.2) is 21.5 Å². The maximum absolute atomic E-state index is 14.3. The molecular formula is C56H48Cl4N4O2. The van der Waals surface area contributed by atoms with Crippen molar-refractivity contribution in [3.8, 4) is 22.3 Å². The summed E-state index contributed by atoms with van der Waals surface area (Å²) in [7, 11) is 0. The average Bonchev–Trinajstić information content (AvgIpc) is 3.65. The van der Waals surface area contributed by atoms with Gasteiger partial charge in [-0.25, -0.2) is 9.97 Å². The number of aryl methyl sites for hydroxylation is 12. The molecule has 9 rings (SSSR count). The van der Waals surface area contributed by atoms with Crippen LogP contribution in [-0.2, 0) is 0 Å². The number of halogens is 4. The van der Waals surface area contributed by atoms with E-state index in [2.05, 4.69) is 154 Å². The average molecular weight is 951 g/mol. The quantitative estimate of drug-likeness (QED) is 0.0741. The smallest absolute Gasteiger partial charge is 0.199 e. The topological polar surface area (TPSA) is 66.4 Å². The fraction of sp³-hybridized carbons (Fsp3) is 0.214. The molecule has 0 radical (unpaired) electrons. The Hall–Kier alpha value is -5.76. The van der Waals surface area contributed by atoms with E-state index in [1.807, 2.05) is 0 Å². The molecule has 7 aromatic rings. The maximum atomic E-state index is 14.3. The highest BCUT2D eigenvalue weighted by Gasteiger charge is 2.42. The predicted molar refractivity (Wildman–Crippen MR) is 276 cm³/mol. The molecule has 10 heteroatoms. The Labute approximate surface area is 406 Å². The minimum absolute atomic E-state index is 0.0670. The van der Waals surface area contributed by atoms with Crippen LogP contribution in [0.5, 0.6) is 0 Å². The van der Waals surface area contributed by atoms with Crippen LogP contribution in [0.4, 0.5) is 23.0 Å². The Kier molecular flexibility index (Phi) is 11.4. The van der Waals surface area contributed by atoms with Crippen molar-refractivity contribution in [3.63, 3.8) is 0 Å². The number of aromatic nitrogens is 2. The highest BCUT2D eigenvalue weighted by atomic mass is 35.5. The fourth-order valence-corrected chi connectivity index (χ4v) is 11.8. The predicted octanol–water partition coefficient (Wildman–Crippen LogP) is 16.4. The number of fused-ring (bicyclic) bond motifs is 3. The first-order valence-electron chi connectivity index (χ1n) is 21.8. The molecule has 0 spiro atoms. The van der Waals surface area contributed by atoms with Crippen LogP contribution >= 0.6 is 46.4 Å². The molecule has 0 amide bonds. The summed E-state index contributed by atoms with van der Waals surface area (Å²) in [5.41, 5.74) is 20.4. The minimum atomic E-state index is -0.597. The van der Waals surface area contributed by atoms with Crippen molar-refractivity contribution >= 4 is 92.0 Å². The number of hydrogen-bond acceptors (Lipinski definition) is 6. The number of ketones is 2. The molecule has 1 aliphatic carbocycles. The van der Waals surface area contributed by atoms with Crippen molar-refractivity contribution in [2.75, 3.05) is 9.80 Å². The van der Waals surface area contributed by atoms with Gasteiger partial charge in [-0.05, 0) is 151 Å². The van der Waals surface area contributed by atoms with Gasteiger partial charge >= 0.3 is 0 Å². The molecule has 0 atom stereocenters. The molecule has 2 heterocycles.